The smallest absolute Gasteiger partial charge is 0.264 e. The van der Waals surface area contributed by atoms with Gasteiger partial charge in [-0.3, -0.25) is 14.4 Å². The fourth-order valence-corrected chi connectivity index (χ4v) is 11.0. The van der Waals surface area contributed by atoms with Crippen LogP contribution in [0.5, 0.6) is 0 Å². The first-order valence-electron chi connectivity index (χ1n) is 17.3. The van der Waals surface area contributed by atoms with Crippen LogP contribution in [-0.2, 0) is 39.4 Å². The van der Waals surface area contributed by atoms with Crippen molar-refractivity contribution in [2.45, 2.75) is 69.2 Å². The number of hydrogen-bond acceptors (Lipinski definition) is 6. The van der Waals surface area contributed by atoms with Crippen molar-refractivity contribution in [1.82, 2.24) is 4.90 Å². The topological polar surface area (TPSA) is 119 Å². The van der Waals surface area contributed by atoms with Gasteiger partial charge in [0.15, 0.2) is 13.9 Å². The first-order valence-corrected chi connectivity index (χ1v) is 20.3. The molecule has 9 nitrogen and oxygen atoms in total. The van der Waals surface area contributed by atoms with Gasteiger partial charge in [-0.15, -0.1) is 0 Å². The van der Waals surface area contributed by atoms with Crippen LogP contribution in [0.2, 0.25) is 18.6 Å². The SMILES string of the molecule is C[C@@H]1[C@@H]([Si](C)(C)O)[C@H](CC(=O)N2Cc3ccccc3C[C@H]2CO)O[C@@]12C(=O)N(Cc1cccc(NC(=O)c3ccccc3)c1)c1ccccc12. The zero-order valence-electron chi connectivity index (χ0n) is 28.6. The predicted octanol–water partition coefficient (Wildman–Crippen LogP) is 5.62. The third kappa shape index (κ3) is 5.96. The van der Waals surface area contributed by atoms with Gasteiger partial charge in [0.2, 0.25) is 5.91 Å². The van der Waals surface area contributed by atoms with Gasteiger partial charge < -0.3 is 29.8 Å². The molecular formula is C40H43N3O6Si. The normalized spacial score (nSPS) is 24.3. The van der Waals surface area contributed by atoms with Gasteiger partial charge in [0.1, 0.15) is 0 Å². The van der Waals surface area contributed by atoms with Crippen LogP contribution in [0.4, 0.5) is 11.4 Å². The second kappa shape index (κ2) is 13.3. The van der Waals surface area contributed by atoms with Crippen LogP contribution in [0.1, 0.15) is 46.0 Å². The fourth-order valence-electron chi connectivity index (χ4n) is 8.44. The summed E-state index contributed by atoms with van der Waals surface area (Å²) in [5, 5.41) is 13.2. The van der Waals surface area contributed by atoms with Crippen LogP contribution in [0.3, 0.4) is 0 Å². The number of nitrogens with zero attached hydrogens (tertiary/aromatic N) is 2. The number of aliphatic hydroxyl groups excluding tert-OH is 1. The summed E-state index contributed by atoms with van der Waals surface area (Å²) in [6.45, 7) is 6.13. The number of aliphatic hydroxyl groups is 1. The second-order valence-electron chi connectivity index (χ2n) is 14.3. The van der Waals surface area contributed by atoms with Gasteiger partial charge in [0.05, 0.1) is 37.4 Å². The highest BCUT2D eigenvalue weighted by Crippen LogP contribution is 2.59. The van der Waals surface area contributed by atoms with E-state index in [1.54, 1.807) is 21.9 Å². The molecule has 0 radical (unpaired) electrons. The van der Waals surface area contributed by atoms with Gasteiger partial charge >= 0.3 is 0 Å². The maximum absolute atomic E-state index is 14.8. The summed E-state index contributed by atoms with van der Waals surface area (Å²) in [5.41, 5.74) is 3.81. The van der Waals surface area contributed by atoms with Crippen LogP contribution in [0.25, 0.3) is 0 Å². The van der Waals surface area contributed by atoms with Gasteiger partial charge in [0, 0.05) is 34.8 Å². The fraction of sp³-hybridized carbons (Fsp3) is 0.325. The zero-order valence-corrected chi connectivity index (χ0v) is 29.6. The molecule has 4 aromatic rings. The molecule has 3 aliphatic rings. The molecule has 1 saturated heterocycles. The van der Waals surface area contributed by atoms with Gasteiger partial charge in [-0.2, -0.15) is 0 Å². The quantitative estimate of drug-likeness (QED) is 0.207. The molecule has 0 aromatic heterocycles. The number of rotatable bonds is 8. The number of anilines is 2. The van der Waals surface area contributed by atoms with E-state index in [4.69, 9.17) is 4.74 Å². The van der Waals surface area contributed by atoms with E-state index in [-0.39, 0.29) is 43.3 Å². The molecule has 0 saturated carbocycles. The lowest BCUT2D eigenvalue weighted by Gasteiger charge is -2.37. The van der Waals surface area contributed by atoms with E-state index in [0.29, 0.717) is 24.2 Å². The molecule has 1 fully saturated rings. The Hall–Kier alpha value is -4.61. The number of benzene rings is 4. The summed E-state index contributed by atoms with van der Waals surface area (Å²) < 4.78 is 6.91. The zero-order chi connectivity index (χ0) is 35.2. The Labute approximate surface area is 293 Å². The molecule has 0 bridgehead atoms. The van der Waals surface area contributed by atoms with Crippen molar-refractivity contribution >= 4 is 37.4 Å². The Morgan fingerprint density at radius 1 is 0.940 bits per heavy atom. The van der Waals surface area contributed by atoms with Crippen LogP contribution in [0, 0.1) is 5.92 Å². The van der Waals surface area contributed by atoms with Crippen molar-refractivity contribution in [3.8, 4) is 0 Å². The van der Waals surface area contributed by atoms with Gasteiger partial charge in [-0.05, 0) is 66.5 Å². The number of amides is 3. The van der Waals surface area contributed by atoms with E-state index in [1.807, 2.05) is 111 Å². The van der Waals surface area contributed by atoms with E-state index in [9.17, 15) is 24.3 Å². The second-order valence-corrected chi connectivity index (χ2v) is 18.3. The Bertz CT molecular complexity index is 1930. The number of hydrogen-bond donors (Lipinski definition) is 3. The molecule has 5 atom stereocenters. The third-order valence-corrected chi connectivity index (χ3v) is 13.2. The summed E-state index contributed by atoms with van der Waals surface area (Å²) in [5.74, 6) is -1.04. The summed E-state index contributed by atoms with van der Waals surface area (Å²) in [6, 6.07) is 31.6. The Morgan fingerprint density at radius 3 is 2.38 bits per heavy atom. The standard InChI is InChI=1S/C40H43N3O6Si/c1-26-37(50(2,3)48)35(22-36(45)42-24-30-16-8-7-15-29(30)21-32(42)25-44)49-40(26)33-18-9-10-19-34(33)43(39(40)47)23-27-12-11-17-31(20-27)41-38(46)28-13-5-4-6-14-28/h4-20,26,32,35,37,44,48H,21-25H2,1-3H3,(H,41,46)/t26-,32+,35+,37-,40+/m1/s1. The largest absolute Gasteiger partial charge is 0.432 e. The maximum Gasteiger partial charge on any atom is 0.264 e. The highest BCUT2D eigenvalue weighted by molar-refractivity contribution is 6.71. The molecule has 7 rings (SSSR count). The highest BCUT2D eigenvalue weighted by Gasteiger charge is 2.66. The third-order valence-electron chi connectivity index (χ3n) is 10.7. The molecule has 3 amide bonds. The lowest BCUT2D eigenvalue weighted by atomic mass is 9.82. The molecule has 4 aromatic carbocycles. The van der Waals surface area contributed by atoms with Gasteiger partial charge in [0.25, 0.3) is 11.8 Å². The average molecular weight is 690 g/mol. The minimum Gasteiger partial charge on any atom is -0.432 e. The summed E-state index contributed by atoms with van der Waals surface area (Å²) in [6.07, 6.45) is -0.147. The monoisotopic (exact) mass is 689 g/mol. The number of nitrogens with one attached hydrogen (secondary N) is 1. The summed E-state index contributed by atoms with van der Waals surface area (Å²) in [4.78, 5) is 56.9. The van der Waals surface area contributed by atoms with Crippen molar-refractivity contribution in [2.75, 3.05) is 16.8 Å². The molecule has 0 unspecified atom stereocenters. The molecule has 3 aliphatic heterocycles. The van der Waals surface area contributed by atoms with Crippen molar-refractivity contribution in [3.05, 3.63) is 131 Å². The van der Waals surface area contributed by atoms with Crippen molar-refractivity contribution in [3.63, 3.8) is 0 Å². The van der Waals surface area contributed by atoms with Crippen molar-refractivity contribution in [1.29, 1.82) is 0 Å². The number of fused-ring (bicyclic) bond motifs is 3. The number of carbonyl (C=O) groups excluding carboxylic acids is 3. The number of carbonyl (C=O) groups is 3. The Kier molecular flexibility index (Phi) is 8.98. The molecule has 50 heavy (non-hydrogen) atoms. The van der Waals surface area contributed by atoms with E-state index >= 15 is 0 Å². The molecule has 3 N–H and O–H groups in total. The molecular weight excluding hydrogens is 647 g/mol. The number of ether oxygens (including phenoxy) is 1. The lowest BCUT2D eigenvalue weighted by Crippen LogP contribution is -2.48. The van der Waals surface area contributed by atoms with E-state index in [0.717, 1.165) is 27.9 Å². The van der Waals surface area contributed by atoms with E-state index < -0.39 is 31.5 Å². The molecule has 0 aliphatic carbocycles. The first kappa shape index (κ1) is 33.9. The summed E-state index contributed by atoms with van der Waals surface area (Å²) in [7, 11) is -3.00. The first-order chi connectivity index (χ1) is 24.0. The molecule has 3 heterocycles. The van der Waals surface area contributed by atoms with E-state index in [2.05, 4.69) is 5.32 Å². The van der Waals surface area contributed by atoms with Crippen LogP contribution < -0.4 is 10.2 Å². The minimum absolute atomic E-state index is 0.00891. The van der Waals surface area contributed by atoms with Crippen LogP contribution in [-0.4, -0.2) is 59.6 Å². The molecule has 258 valence electrons. The highest BCUT2D eigenvalue weighted by atomic mass is 28.4. The molecule has 1 spiro atoms. The Morgan fingerprint density at radius 2 is 1.64 bits per heavy atom. The number of para-hydroxylation sites is 1. The maximum atomic E-state index is 14.8. The average Bonchev–Trinajstić information content (AvgIpc) is 3.54. The molecule has 10 heteroatoms. The predicted molar refractivity (Wildman–Crippen MR) is 194 cm³/mol. The van der Waals surface area contributed by atoms with Crippen molar-refractivity contribution < 1.29 is 29.0 Å². The lowest BCUT2D eigenvalue weighted by molar-refractivity contribution is -0.151. The summed E-state index contributed by atoms with van der Waals surface area (Å²) >= 11 is 0. The van der Waals surface area contributed by atoms with Crippen LogP contribution >= 0.6 is 0 Å². The van der Waals surface area contributed by atoms with Crippen molar-refractivity contribution in [2.24, 2.45) is 5.92 Å². The van der Waals surface area contributed by atoms with Gasteiger partial charge in [-0.25, -0.2) is 0 Å². The van der Waals surface area contributed by atoms with Gasteiger partial charge in [-0.1, -0.05) is 79.7 Å². The van der Waals surface area contributed by atoms with Crippen LogP contribution in [0.15, 0.2) is 103 Å². The minimum atomic E-state index is -3.00. The van der Waals surface area contributed by atoms with E-state index in [1.165, 1.54) is 0 Å². The Balaban J connectivity index is 1.17.